The van der Waals surface area contributed by atoms with E-state index in [1.807, 2.05) is 0 Å². The molecule has 0 aromatic carbocycles. The smallest absolute Gasteiger partial charge is 0.312 e. The zero-order valence-corrected chi connectivity index (χ0v) is 6.67. The van der Waals surface area contributed by atoms with Crippen molar-refractivity contribution in [2.75, 3.05) is 7.11 Å². The number of primary amides is 1. The summed E-state index contributed by atoms with van der Waals surface area (Å²) in [6, 6.07) is -0.337. The van der Waals surface area contributed by atoms with Crippen LogP contribution in [0.3, 0.4) is 0 Å². The predicted molar refractivity (Wildman–Crippen MR) is 41.2 cm³/mol. The summed E-state index contributed by atoms with van der Waals surface area (Å²) in [6.07, 6.45) is 3.24. The van der Waals surface area contributed by atoms with Gasteiger partial charge in [-0.25, -0.2) is 4.79 Å². The van der Waals surface area contributed by atoms with Crippen LogP contribution in [0.4, 0.5) is 4.79 Å². The monoisotopic (exact) mass is 158 g/mol. The van der Waals surface area contributed by atoms with E-state index in [2.05, 4.69) is 5.32 Å². The van der Waals surface area contributed by atoms with Crippen LogP contribution in [0.2, 0.25) is 0 Å². The highest BCUT2D eigenvalue weighted by Gasteiger charge is 2.27. The number of urea groups is 1. The van der Waals surface area contributed by atoms with Crippen molar-refractivity contribution in [2.45, 2.75) is 31.4 Å². The van der Waals surface area contributed by atoms with Gasteiger partial charge in [0.1, 0.15) is 0 Å². The molecule has 0 aliphatic heterocycles. The lowest BCUT2D eigenvalue weighted by molar-refractivity contribution is 0.0880. The first kappa shape index (κ1) is 8.33. The van der Waals surface area contributed by atoms with E-state index < -0.39 is 6.03 Å². The van der Waals surface area contributed by atoms with Gasteiger partial charge < -0.3 is 15.8 Å². The van der Waals surface area contributed by atoms with Crippen molar-refractivity contribution in [2.24, 2.45) is 5.73 Å². The van der Waals surface area contributed by atoms with Gasteiger partial charge in [-0.05, 0) is 19.3 Å². The van der Waals surface area contributed by atoms with E-state index in [1.165, 1.54) is 0 Å². The van der Waals surface area contributed by atoms with Crippen molar-refractivity contribution in [3.63, 3.8) is 0 Å². The first-order valence-electron chi connectivity index (χ1n) is 3.83. The minimum Gasteiger partial charge on any atom is -0.379 e. The van der Waals surface area contributed by atoms with E-state index in [-0.39, 0.29) is 12.1 Å². The molecule has 11 heavy (non-hydrogen) atoms. The van der Waals surface area contributed by atoms with Gasteiger partial charge in [-0.1, -0.05) is 0 Å². The highest BCUT2D eigenvalue weighted by Crippen LogP contribution is 2.20. The Bertz CT molecular complexity index is 149. The van der Waals surface area contributed by atoms with E-state index >= 15 is 0 Å². The summed E-state index contributed by atoms with van der Waals surface area (Å²) in [5, 5.41) is 2.66. The number of rotatable bonds is 2. The number of carbonyl (C=O) groups is 1. The Morgan fingerprint density at radius 1 is 1.64 bits per heavy atom. The first-order valence-corrected chi connectivity index (χ1v) is 3.83. The number of amides is 2. The van der Waals surface area contributed by atoms with Gasteiger partial charge >= 0.3 is 6.03 Å². The number of methoxy groups -OCH3 is 1. The average Bonchev–Trinajstić information content (AvgIpc) is 2.34. The highest BCUT2D eigenvalue weighted by molar-refractivity contribution is 5.72. The number of hydrogen-bond donors (Lipinski definition) is 2. The number of nitrogens with two attached hydrogens (primary N) is 1. The molecule has 0 saturated heterocycles. The maximum Gasteiger partial charge on any atom is 0.312 e. The molecule has 4 nitrogen and oxygen atoms in total. The molecule has 2 amide bonds. The van der Waals surface area contributed by atoms with Crippen molar-refractivity contribution >= 4 is 6.03 Å². The minimum atomic E-state index is -0.459. The Labute approximate surface area is 66.1 Å². The van der Waals surface area contributed by atoms with Gasteiger partial charge in [0.15, 0.2) is 0 Å². The van der Waals surface area contributed by atoms with Crippen LogP contribution in [0, 0.1) is 0 Å². The summed E-state index contributed by atoms with van der Waals surface area (Å²) in [7, 11) is 1.66. The second-order valence-corrected chi connectivity index (χ2v) is 2.82. The Hall–Kier alpha value is -0.770. The van der Waals surface area contributed by atoms with Crippen molar-refractivity contribution < 1.29 is 9.53 Å². The summed E-state index contributed by atoms with van der Waals surface area (Å²) in [4.78, 5) is 10.5. The standard InChI is InChI=1S/C7H14N2O2/c1-11-6-4-2-3-5(6)9-7(8)10/h5-6H,2-4H2,1H3,(H3,8,9,10)/t5-,6-/m1/s1. The Balaban J connectivity index is 2.37. The molecule has 0 heterocycles. The molecule has 0 bridgehead atoms. The summed E-state index contributed by atoms with van der Waals surface area (Å²) in [6.45, 7) is 0. The fraction of sp³-hybridized carbons (Fsp3) is 0.857. The number of carbonyl (C=O) groups excluding carboxylic acids is 1. The summed E-state index contributed by atoms with van der Waals surface area (Å²) < 4.78 is 5.15. The third kappa shape index (κ3) is 2.08. The van der Waals surface area contributed by atoms with E-state index in [4.69, 9.17) is 10.5 Å². The fourth-order valence-corrected chi connectivity index (χ4v) is 1.56. The number of hydrogen-bond acceptors (Lipinski definition) is 2. The van der Waals surface area contributed by atoms with Crippen LogP contribution in [0.5, 0.6) is 0 Å². The maximum absolute atomic E-state index is 10.5. The molecule has 2 atom stereocenters. The van der Waals surface area contributed by atoms with Crippen molar-refractivity contribution in [3.05, 3.63) is 0 Å². The Kier molecular flexibility index (Phi) is 2.70. The van der Waals surface area contributed by atoms with Gasteiger partial charge in [0.05, 0.1) is 12.1 Å². The molecule has 4 heteroatoms. The molecule has 1 aliphatic carbocycles. The number of ether oxygens (including phenoxy) is 1. The Morgan fingerprint density at radius 3 is 2.91 bits per heavy atom. The van der Waals surface area contributed by atoms with E-state index in [0.717, 1.165) is 19.3 Å². The van der Waals surface area contributed by atoms with E-state index in [0.29, 0.717) is 0 Å². The normalized spacial score (nSPS) is 30.3. The SMILES string of the molecule is CO[C@@H]1CCC[C@H]1NC(N)=O. The molecule has 0 unspecified atom stereocenters. The van der Waals surface area contributed by atoms with Crippen LogP contribution in [-0.4, -0.2) is 25.3 Å². The van der Waals surface area contributed by atoms with Crippen LogP contribution in [-0.2, 0) is 4.74 Å². The van der Waals surface area contributed by atoms with Crippen molar-refractivity contribution in [1.29, 1.82) is 0 Å². The maximum atomic E-state index is 10.5. The second-order valence-electron chi connectivity index (χ2n) is 2.82. The van der Waals surface area contributed by atoms with Gasteiger partial charge in [-0.2, -0.15) is 0 Å². The molecule has 1 rings (SSSR count). The van der Waals surface area contributed by atoms with E-state index in [9.17, 15) is 4.79 Å². The third-order valence-electron chi connectivity index (χ3n) is 2.08. The average molecular weight is 158 g/mol. The first-order chi connectivity index (χ1) is 5.24. The molecule has 0 aromatic rings. The largest absolute Gasteiger partial charge is 0.379 e. The lowest BCUT2D eigenvalue weighted by Crippen LogP contribution is -2.43. The molecule has 64 valence electrons. The predicted octanol–water partition coefficient (Wildman–Crippen LogP) is 0.222. The fourth-order valence-electron chi connectivity index (χ4n) is 1.56. The summed E-state index contributed by atoms with van der Waals surface area (Å²) in [5.74, 6) is 0. The second kappa shape index (κ2) is 3.57. The van der Waals surface area contributed by atoms with Crippen molar-refractivity contribution in [1.82, 2.24) is 5.32 Å². The minimum absolute atomic E-state index is 0.123. The molecule has 3 N–H and O–H groups in total. The van der Waals surface area contributed by atoms with Gasteiger partial charge in [-0.3, -0.25) is 0 Å². The molecule has 1 aliphatic rings. The molecule has 1 saturated carbocycles. The molecular formula is C7H14N2O2. The molecule has 0 aromatic heterocycles. The van der Waals surface area contributed by atoms with Gasteiger partial charge in [-0.15, -0.1) is 0 Å². The van der Waals surface area contributed by atoms with Crippen LogP contribution in [0.25, 0.3) is 0 Å². The quantitative estimate of drug-likeness (QED) is 0.604. The topological polar surface area (TPSA) is 64.3 Å². The van der Waals surface area contributed by atoms with E-state index in [1.54, 1.807) is 7.11 Å². The highest BCUT2D eigenvalue weighted by atomic mass is 16.5. The zero-order valence-electron chi connectivity index (χ0n) is 6.67. The van der Waals surface area contributed by atoms with Crippen molar-refractivity contribution in [3.8, 4) is 0 Å². The third-order valence-corrected chi connectivity index (χ3v) is 2.08. The van der Waals surface area contributed by atoms with Crippen LogP contribution < -0.4 is 11.1 Å². The molecule has 0 radical (unpaired) electrons. The van der Waals surface area contributed by atoms with Crippen LogP contribution in [0.15, 0.2) is 0 Å². The molecular weight excluding hydrogens is 144 g/mol. The number of nitrogens with one attached hydrogen (secondary N) is 1. The Morgan fingerprint density at radius 2 is 2.36 bits per heavy atom. The molecule has 1 fully saturated rings. The van der Waals surface area contributed by atoms with Gasteiger partial charge in [0, 0.05) is 7.11 Å². The lowest BCUT2D eigenvalue weighted by atomic mass is 10.2. The summed E-state index contributed by atoms with van der Waals surface area (Å²) in [5.41, 5.74) is 4.98. The van der Waals surface area contributed by atoms with Crippen LogP contribution in [0.1, 0.15) is 19.3 Å². The van der Waals surface area contributed by atoms with Gasteiger partial charge in [0.25, 0.3) is 0 Å². The lowest BCUT2D eigenvalue weighted by Gasteiger charge is -2.17. The molecule has 0 spiro atoms. The van der Waals surface area contributed by atoms with Gasteiger partial charge in [0.2, 0.25) is 0 Å². The zero-order chi connectivity index (χ0) is 8.27. The van der Waals surface area contributed by atoms with Crippen LogP contribution >= 0.6 is 0 Å². The summed E-state index contributed by atoms with van der Waals surface area (Å²) >= 11 is 0.